The van der Waals surface area contributed by atoms with Crippen LogP contribution in [0.2, 0.25) is 0 Å². The van der Waals surface area contributed by atoms with Gasteiger partial charge in [-0.2, -0.15) is 0 Å². The van der Waals surface area contributed by atoms with Gasteiger partial charge < -0.3 is 11.1 Å². The van der Waals surface area contributed by atoms with E-state index < -0.39 is 0 Å². The van der Waals surface area contributed by atoms with Gasteiger partial charge in [0.25, 0.3) is 0 Å². The molecule has 0 spiro atoms. The van der Waals surface area contributed by atoms with E-state index in [1.165, 1.54) is 5.56 Å². The van der Waals surface area contributed by atoms with Gasteiger partial charge in [-0.1, -0.05) is 31.5 Å². The van der Waals surface area contributed by atoms with Crippen molar-refractivity contribution in [3.63, 3.8) is 0 Å². The first-order valence-electron chi connectivity index (χ1n) is 6.85. The summed E-state index contributed by atoms with van der Waals surface area (Å²) >= 11 is 0. The number of nitrogens with two attached hydrogens (primary N) is 1. The monoisotopic (exact) mass is 282 g/mol. The predicted molar refractivity (Wildman–Crippen MR) is 81.6 cm³/mol. The van der Waals surface area contributed by atoms with Crippen molar-refractivity contribution in [2.24, 2.45) is 11.7 Å². The number of anilines is 1. The molecule has 1 amide bonds. The molecule has 0 radical (unpaired) electrons. The maximum atomic E-state index is 12.2. The standard InChI is InChI=1S/C15H22N2O.ClH/c1-2-11-6-3-4-9-14(11)17-15(18)12-7-5-8-13(16)10-12;/h3-4,6,9,12-13H,2,5,7-8,10,16H2,1H3,(H,17,18);1H. The minimum Gasteiger partial charge on any atom is -0.328 e. The summed E-state index contributed by atoms with van der Waals surface area (Å²) in [5.74, 6) is 0.213. The van der Waals surface area contributed by atoms with Crippen molar-refractivity contribution >= 4 is 24.0 Å². The molecular formula is C15H23ClN2O. The van der Waals surface area contributed by atoms with Crippen LogP contribution in [0.1, 0.15) is 38.2 Å². The van der Waals surface area contributed by atoms with E-state index in [0.29, 0.717) is 0 Å². The number of halogens is 1. The Labute approximate surface area is 121 Å². The highest BCUT2D eigenvalue weighted by molar-refractivity contribution is 5.93. The van der Waals surface area contributed by atoms with Crippen molar-refractivity contribution in [2.45, 2.75) is 45.1 Å². The summed E-state index contributed by atoms with van der Waals surface area (Å²) in [5.41, 5.74) is 8.07. The Kier molecular flexibility index (Phi) is 6.32. The maximum Gasteiger partial charge on any atom is 0.227 e. The molecule has 0 aromatic heterocycles. The van der Waals surface area contributed by atoms with Gasteiger partial charge in [-0.25, -0.2) is 0 Å². The second kappa shape index (κ2) is 7.51. The number of amides is 1. The number of hydrogen-bond donors (Lipinski definition) is 2. The fourth-order valence-electron chi connectivity index (χ4n) is 2.65. The van der Waals surface area contributed by atoms with Crippen LogP contribution in [0.3, 0.4) is 0 Å². The summed E-state index contributed by atoms with van der Waals surface area (Å²) in [7, 11) is 0. The predicted octanol–water partition coefficient (Wildman–Crippen LogP) is 3.13. The van der Waals surface area contributed by atoms with E-state index >= 15 is 0 Å². The number of rotatable bonds is 3. The molecule has 3 nitrogen and oxygen atoms in total. The molecule has 3 N–H and O–H groups in total. The van der Waals surface area contributed by atoms with E-state index in [0.717, 1.165) is 37.8 Å². The Morgan fingerprint density at radius 2 is 2.11 bits per heavy atom. The number of para-hydroxylation sites is 1. The fourth-order valence-corrected chi connectivity index (χ4v) is 2.65. The van der Waals surface area contributed by atoms with Gasteiger partial charge >= 0.3 is 0 Å². The van der Waals surface area contributed by atoms with Crippen molar-refractivity contribution in [1.82, 2.24) is 0 Å². The molecule has 1 aliphatic rings. The molecule has 19 heavy (non-hydrogen) atoms. The van der Waals surface area contributed by atoms with Crippen molar-refractivity contribution in [2.75, 3.05) is 5.32 Å². The molecule has 1 aliphatic carbocycles. The second-order valence-electron chi connectivity index (χ2n) is 5.12. The van der Waals surface area contributed by atoms with Crippen molar-refractivity contribution < 1.29 is 4.79 Å². The van der Waals surface area contributed by atoms with Gasteiger partial charge in [0.2, 0.25) is 5.91 Å². The second-order valence-corrected chi connectivity index (χ2v) is 5.12. The first kappa shape index (κ1) is 16.0. The van der Waals surface area contributed by atoms with Crippen LogP contribution in [0.15, 0.2) is 24.3 Å². The average molecular weight is 283 g/mol. The molecule has 0 aliphatic heterocycles. The quantitative estimate of drug-likeness (QED) is 0.895. The van der Waals surface area contributed by atoms with Crippen LogP contribution in [0.25, 0.3) is 0 Å². The van der Waals surface area contributed by atoms with E-state index in [1.807, 2.05) is 18.2 Å². The van der Waals surface area contributed by atoms with E-state index in [-0.39, 0.29) is 30.3 Å². The fraction of sp³-hybridized carbons (Fsp3) is 0.533. The molecule has 1 fully saturated rings. The Balaban J connectivity index is 0.00000180. The third-order valence-corrected chi connectivity index (χ3v) is 3.74. The zero-order valence-corrected chi connectivity index (χ0v) is 12.2. The molecule has 106 valence electrons. The Bertz CT molecular complexity index is 422. The SMILES string of the molecule is CCc1ccccc1NC(=O)C1CCCC(N)C1.Cl. The molecule has 4 heteroatoms. The summed E-state index contributed by atoms with van der Waals surface area (Å²) in [5, 5.41) is 3.06. The van der Waals surface area contributed by atoms with Crippen molar-refractivity contribution in [3.05, 3.63) is 29.8 Å². The van der Waals surface area contributed by atoms with Gasteiger partial charge in [0.15, 0.2) is 0 Å². The van der Waals surface area contributed by atoms with Gasteiger partial charge in [-0.15, -0.1) is 12.4 Å². The number of benzene rings is 1. The Hall–Kier alpha value is -1.06. The van der Waals surface area contributed by atoms with Crippen LogP contribution in [0.5, 0.6) is 0 Å². The lowest BCUT2D eigenvalue weighted by Crippen LogP contribution is -2.34. The lowest BCUT2D eigenvalue weighted by atomic mass is 9.85. The number of nitrogens with one attached hydrogen (secondary N) is 1. The first-order chi connectivity index (χ1) is 8.70. The van der Waals surface area contributed by atoms with Gasteiger partial charge in [0.05, 0.1) is 0 Å². The summed E-state index contributed by atoms with van der Waals surface area (Å²) in [4.78, 5) is 12.2. The van der Waals surface area contributed by atoms with Crippen molar-refractivity contribution in [1.29, 1.82) is 0 Å². The van der Waals surface area contributed by atoms with Crippen LogP contribution >= 0.6 is 12.4 Å². The summed E-state index contributed by atoms with van der Waals surface area (Å²) in [6.07, 6.45) is 4.83. The van der Waals surface area contributed by atoms with E-state index in [9.17, 15) is 4.79 Å². The molecular weight excluding hydrogens is 260 g/mol. The minimum atomic E-state index is 0. The summed E-state index contributed by atoms with van der Waals surface area (Å²) in [6, 6.07) is 8.18. The summed E-state index contributed by atoms with van der Waals surface area (Å²) < 4.78 is 0. The van der Waals surface area contributed by atoms with Gasteiger partial charge in [-0.3, -0.25) is 4.79 Å². The molecule has 0 saturated heterocycles. The molecule has 1 aromatic carbocycles. The van der Waals surface area contributed by atoms with Crippen LogP contribution in [-0.4, -0.2) is 11.9 Å². The first-order valence-corrected chi connectivity index (χ1v) is 6.85. The van der Waals surface area contributed by atoms with E-state index in [4.69, 9.17) is 5.73 Å². The minimum absolute atomic E-state index is 0. The van der Waals surface area contributed by atoms with Crippen molar-refractivity contribution in [3.8, 4) is 0 Å². The highest BCUT2D eigenvalue weighted by Crippen LogP contribution is 2.25. The maximum absolute atomic E-state index is 12.2. The molecule has 2 unspecified atom stereocenters. The number of hydrogen-bond acceptors (Lipinski definition) is 2. The van der Waals surface area contributed by atoms with Crippen LogP contribution in [0.4, 0.5) is 5.69 Å². The highest BCUT2D eigenvalue weighted by atomic mass is 35.5. The topological polar surface area (TPSA) is 55.1 Å². The van der Waals surface area contributed by atoms with Gasteiger partial charge in [0, 0.05) is 17.6 Å². The number of aryl methyl sites for hydroxylation is 1. The Morgan fingerprint density at radius 1 is 1.37 bits per heavy atom. The smallest absolute Gasteiger partial charge is 0.227 e. The molecule has 1 saturated carbocycles. The lowest BCUT2D eigenvalue weighted by molar-refractivity contribution is -0.120. The third kappa shape index (κ3) is 4.22. The normalized spacial score (nSPS) is 22.4. The number of carbonyl (C=O) groups is 1. The zero-order chi connectivity index (χ0) is 13.0. The average Bonchev–Trinajstić information content (AvgIpc) is 2.39. The van der Waals surface area contributed by atoms with Crippen LogP contribution < -0.4 is 11.1 Å². The largest absolute Gasteiger partial charge is 0.328 e. The Morgan fingerprint density at radius 3 is 2.79 bits per heavy atom. The molecule has 0 heterocycles. The van der Waals surface area contributed by atoms with Crippen LogP contribution in [0, 0.1) is 5.92 Å². The number of carbonyl (C=O) groups excluding carboxylic acids is 1. The van der Waals surface area contributed by atoms with E-state index in [2.05, 4.69) is 18.3 Å². The third-order valence-electron chi connectivity index (χ3n) is 3.74. The molecule has 2 rings (SSSR count). The highest BCUT2D eigenvalue weighted by Gasteiger charge is 2.25. The van der Waals surface area contributed by atoms with Gasteiger partial charge in [-0.05, 0) is 37.3 Å². The molecule has 1 aromatic rings. The molecule has 2 atom stereocenters. The summed E-state index contributed by atoms with van der Waals surface area (Å²) in [6.45, 7) is 2.10. The van der Waals surface area contributed by atoms with Gasteiger partial charge in [0.1, 0.15) is 0 Å². The van der Waals surface area contributed by atoms with Crippen LogP contribution in [-0.2, 0) is 11.2 Å². The zero-order valence-electron chi connectivity index (χ0n) is 11.4. The van der Waals surface area contributed by atoms with E-state index in [1.54, 1.807) is 0 Å². The molecule has 0 bridgehead atoms. The lowest BCUT2D eigenvalue weighted by Gasteiger charge is -2.26.